The minimum absolute atomic E-state index is 0.162. The Bertz CT molecular complexity index is 296. The smallest absolute Gasteiger partial charge is 0.0708 e. The van der Waals surface area contributed by atoms with Crippen LogP contribution < -0.4 is 0 Å². The highest BCUT2D eigenvalue weighted by atomic mass is 79.9. The molecule has 14 heavy (non-hydrogen) atoms. The van der Waals surface area contributed by atoms with Crippen molar-refractivity contribution in [2.24, 2.45) is 5.92 Å². The highest BCUT2D eigenvalue weighted by Crippen LogP contribution is 2.39. The summed E-state index contributed by atoms with van der Waals surface area (Å²) in [5.41, 5.74) is 0. The van der Waals surface area contributed by atoms with Crippen molar-refractivity contribution >= 4 is 38.9 Å². The molecule has 1 atom stereocenters. The minimum Gasteiger partial charge on any atom is -0.381 e. The maximum Gasteiger partial charge on any atom is 0.0708 e. The maximum absolute atomic E-state index is 6.43. The van der Waals surface area contributed by atoms with Gasteiger partial charge in [0, 0.05) is 18.1 Å². The average molecular weight is 296 g/mol. The van der Waals surface area contributed by atoms with Gasteiger partial charge in [-0.1, -0.05) is 0 Å². The molecule has 78 valence electrons. The van der Waals surface area contributed by atoms with Crippen LogP contribution in [0.25, 0.3) is 0 Å². The summed E-state index contributed by atoms with van der Waals surface area (Å²) in [6.45, 7) is 1.72. The van der Waals surface area contributed by atoms with Crippen LogP contribution in [0, 0.1) is 5.92 Å². The summed E-state index contributed by atoms with van der Waals surface area (Å²) >= 11 is 11.6. The number of ether oxygens (including phenoxy) is 1. The molecule has 0 saturated carbocycles. The van der Waals surface area contributed by atoms with Crippen molar-refractivity contribution in [2.75, 3.05) is 13.2 Å². The van der Waals surface area contributed by atoms with Gasteiger partial charge in [0.2, 0.25) is 0 Å². The van der Waals surface area contributed by atoms with Gasteiger partial charge in [-0.3, -0.25) is 0 Å². The lowest BCUT2D eigenvalue weighted by Crippen LogP contribution is -2.18. The van der Waals surface area contributed by atoms with Gasteiger partial charge in [-0.15, -0.1) is 22.9 Å². The fourth-order valence-electron chi connectivity index (χ4n) is 1.72. The third-order valence-electron chi connectivity index (χ3n) is 2.55. The monoisotopic (exact) mass is 294 g/mol. The molecule has 2 heterocycles. The van der Waals surface area contributed by atoms with E-state index in [1.54, 1.807) is 11.3 Å². The average Bonchev–Trinajstić information content (AvgIpc) is 2.65. The Balaban J connectivity index is 2.03. The molecule has 1 fully saturated rings. The van der Waals surface area contributed by atoms with Gasteiger partial charge in [-0.2, -0.15) is 0 Å². The third-order valence-corrected chi connectivity index (χ3v) is 4.97. The van der Waals surface area contributed by atoms with Gasteiger partial charge in [-0.25, -0.2) is 0 Å². The quantitative estimate of drug-likeness (QED) is 0.742. The predicted octanol–water partition coefficient (Wildman–Crippen LogP) is 4.22. The minimum atomic E-state index is 0.162. The Morgan fingerprint density at radius 1 is 1.43 bits per heavy atom. The van der Waals surface area contributed by atoms with Crippen LogP contribution in [-0.2, 0) is 4.74 Å². The van der Waals surface area contributed by atoms with Crippen molar-refractivity contribution < 1.29 is 4.74 Å². The Labute approximate surface area is 102 Å². The van der Waals surface area contributed by atoms with E-state index in [0.717, 1.165) is 29.8 Å². The first-order chi connectivity index (χ1) is 6.77. The molecule has 0 amide bonds. The van der Waals surface area contributed by atoms with Crippen LogP contribution >= 0.6 is 38.9 Å². The van der Waals surface area contributed by atoms with Crippen LogP contribution in [0.1, 0.15) is 23.1 Å². The first-order valence-electron chi connectivity index (χ1n) is 4.74. The molecule has 0 spiro atoms. The highest BCUT2D eigenvalue weighted by Gasteiger charge is 2.24. The zero-order valence-corrected chi connectivity index (χ0v) is 10.9. The summed E-state index contributed by atoms with van der Waals surface area (Å²) in [5, 5.41) is 0.162. The van der Waals surface area contributed by atoms with E-state index in [9.17, 15) is 0 Å². The second kappa shape index (κ2) is 4.97. The van der Waals surface area contributed by atoms with Crippen molar-refractivity contribution in [3.63, 3.8) is 0 Å². The normalized spacial score (nSPS) is 21.0. The van der Waals surface area contributed by atoms with Crippen LogP contribution in [0.2, 0.25) is 0 Å². The topological polar surface area (TPSA) is 9.23 Å². The standard InChI is InChI=1S/C10H12BrClOS/c11-9-2-1-8(14-9)10(12)7-3-5-13-6-4-7/h1-2,7,10H,3-6H2. The van der Waals surface area contributed by atoms with Crippen LogP contribution in [0.4, 0.5) is 0 Å². The molecule has 1 aliphatic heterocycles. The van der Waals surface area contributed by atoms with Crippen LogP contribution in [0.3, 0.4) is 0 Å². The largest absolute Gasteiger partial charge is 0.381 e. The lowest BCUT2D eigenvalue weighted by Gasteiger charge is -2.25. The zero-order valence-electron chi connectivity index (χ0n) is 7.71. The molecule has 0 aromatic carbocycles. The summed E-state index contributed by atoms with van der Waals surface area (Å²) in [4.78, 5) is 1.27. The molecule has 0 N–H and O–H groups in total. The lowest BCUT2D eigenvalue weighted by molar-refractivity contribution is 0.0653. The van der Waals surface area contributed by atoms with E-state index < -0.39 is 0 Å². The van der Waals surface area contributed by atoms with Gasteiger partial charge in [0.05, 0.1) is 9.16 Å². The van der Waals surface area contributed by atoms with Crippen molar-refractivity contribution in [1.82, 2.24) is 0 Å². The number of rotatable bonds is 2. The maximum atomic E-state index is 6.43. The van der Waals surface area contributed by atoms with Crippen LogP contribution in [0.5, 0.6) is 0 Å². The number of halogens is 2. The van der Waals surface area contributed by atoms with Gasteiger partial charge in [-0.05, 0) is 46.8 Å². The van der Waals surface area contributed by atoms with Gasteiger partial charge >= 0.3 is 0 Å². The molecule has 0 radical (unpaired) electrons. The summed E-state index contributed by atoms with van der Waals surface area (Å²) < 4.78 is 6.48. The van der Waals surface area contributed by atoms with E-state index in [-0.39, 0.29) is 5.38 Å². The second-order valence-electron chi connectivity index (χ2n) is 3.49. The van der Waals surface area contributed by atoms with Crippen LogP contribution in [-0.4, -0.2) is 13.2 Å². The second-order valence-corrected chi connectivity index (χ2v) is 6.46. The Kier molecular flexibility index (Phi) is 3.88. The number of hydrogen-bond donors (Lipinski definition) is 0. The van der Waals surface area contributed by atoms with Crippen molar-refractivity contribution in [3.8, 4) is 0 Å². The fourth-order valence-corrected chi connectivity index (χ4v) is 3.67. The van der Waals surface area contributed by atoms with E-state index >= 15 is 0 Å². The third kappa shape index (κ3) is 2.51. The molecule has 1 saturated heterocycles. The van der Waals surface area contributed by atoms with Crippen molar-refractivity contribution in [3.05, 3.63) is 20.8 Å². The predicted molar refractivity (Wildman–Crippen MR) is 64.2 cm³/mol. The summed E-state index contributed by atoms with van der Waals surface area (Å²) in [6.07, 6.45) is 2.17. The zero-order chi connectivity index (χ0) is 9.97. The number of alkyl halides is 1. The molecule has 0 aliphatic carbocycles. The summed E-state index contributed by atoms with van der Waals surface area (Å²) in [7, 11) is 0. The Morgan fingerprint density at radius 2 is 2.14 bits per heavy atom. The Morgan fingerprint density at radius 3 is 2.71 bits per heavy atom. The number of thiophene rings is 1. The Hall–Kier alpha value is 0.430. The molecule has 1 aliphatic rings. The SMILES string of the molecule is ClC(c1ccc(Br)s1)C1CCOCC1. The molecular weight excluding hydrogens is 284 g/mol. The van der Waals surface area contributed by atoms with Gasteiger partial charge in [0.15, 0.2) is 0 Å². The summed E-state index contributed by atoms with van der Waals surface area (Å²) in [5.74, 6) is 0.580. The fraction of sp³-hybridized carbons (Fsp3) is 0.600. The first-order valence-corrected chi connectivity index (χ1v) is 6.79. The van der Waals surface area contributed by atoms with Crippen LogP contribution in [0.15, 0.2) is 15.9 Å². The van der Waals surface area contributed by atoms with E-state index in [4.69, 9.17) is 16.3 Å². The van der Waals surface area contributed by atoms with Gasteiger partial charge in [0.1, 0.15) is 0 Å². The molecule has 4 heteroatoms. The molecule has 1 unspecified atom stereocenters. The van der Waals surface area contributed by atoms with E-state index in [1.807, 2.05) is 0 Å². The van der Waals surface area contributed by atoms with E-state index in [1.165, 1.54) is 4.88 Å². The van der Waals surface area contributed by atoms with Gasteiger partial charge < -0.3 is 4.74 Å². The van der Waals surface area contributed by atoms with Crippen molar-refractivity contribution in [1.29, 1.82) is 0 Å². The number of hydrogen-bond acceptors (Lipinski definition) is 2. The molecule has 2 rings (SSSR count). The lowest BCUT2D eigenvalue weighted by atomic mass is 9.95. The highest BCUT2D eigenvalue weighted by molar-refractivity contribution is 9.11. The van der Waals surface area contributed by atoms with Gasteiger partial charge in [0.25, 0.3) is 0 Å². The first kappa shape index (κ1) is 10.9. The molecular formula is C10H12BrClOS. The summed E-state index contributed by atoms with van der Waals surface area (Å²) in [6, 6.07) is 4.18. The van der Waals surface area contributed by atoms with E-state index in [0.29, 0.717) is 5.92 Å². The van der Waals surface area contributed by atoms with Crippen molar-refractivity contribution in [2.45, 2.75) is 18.2 Å². The molecule has 1 nitrogen and oxygen atoms in total. The van der Waals surface area contributed by atoms with E-state index in [2.05, 4.69) is 28.1 Å². The molecule has 1 aromatic rings. The molecule has 0 bridgehead atoms. The molecule has 1 aromatic heterocycles.